The number of carbonyl (C=O) groups excluding carboxylic acids is 1. The van der Waals surface area contributed by atoms with Crippen molar-refractivity contribution in [3.8, 4) is 0 Å². The Labute approximate surface area is 183 Å². The third-order valence-corrected chi connectivity index (χ3v) is 8.25. The Hall–Kier alpha value is -2.43. The van der Waals surface area contributed by atoms with E-state index >= 15 is 0 Å². The predicted molar refractivity (Wildman–Crippen MR) is 117 cm³/mol. The fraction of sp³-hybridized carbons (Fsp3) is 0.381. The molecule has 1 heterocycles. The van der Waals surface area contributed by atoms with Gasteiger partial charge < -0.3 is 4.74 Å². The van der Waals surface area contributed by atoms with Crippen LogP contribution >= 0.6 is 0 Å². The van der Waals surface area contributed by atoms with E-state index in [0.717, 1.165) is 25.7 Å². The van der Waals surface area contributed by atoms with Crippen LogP contribution in [0.5, 0.6) is 0 Å². The Morgan fingerprint density at radius 1 is 0.935 bits per heavy atom. The van der Waals surface area contributed by atoms with Crippen LogP contribution in [0.15, 0.2) is 58.3 Å². The van der Waals surface area contributed by atoms with Crippen molar-refractivity contribution in [3.63, 3.8) is 0 Å². The number of nitrogens with zero attached hydrogens (tertiary/aromatic N) is 1. The van der Waals surface area contributed by atoms with Crippen LogP contribution in [0, 0.1) is 0 Å². The Morgan fingerprint density at radius 3 is 2.10 bits per heavy atom. The molecule has 0 atom stereocenters. The zero-order valence-electron chi connectivity index (χ0n) is 17.3. The van der Waals surface area contributed by atoms with Crippen LogP contribution < -0.4 is 4.72 Å². The second kappa shape index (κ2) is 9.80. The summed E-state index contributed by atoms with van der Waals surface area (Å²) in [5.41, 5.74) is 0.606. The normalized spacial score (nSPS) is 15.0. The van der Waals surface area contributed by atoms with Gasteiger partial charge in [-0.3, -0.25) is 4.72 Å². The SMILES string of the molecule is CCCCOC(=O)c1ccc(NS(=O)(=O)c2ccc(S(=O)(=O)N3CCCC3)cc2)cc1. The summed E-state index contributed by atoms with van der Waals surface area (Å²) in [6.07, 6.45) is 3.34. The maximum Gasteiger partial charge on any atom is 0.338 e. The van der Waals surface area contributed by atoms with Gasteiger partial charge in [0.2, 0.25) is 10.0 Å². The van der Waals surface area contributed by atoms with E-state index in [-0.39, 0.29) is 15.5 Å². The number of carbonyl (C=O) groups is 1. The van der Waals surface area contributed by atoms with Crippen molar-refractivity contribution in [2.45, 2.75) is 42.4 Å². The van der Waals surface area contributed by atoms with Gasteiger partial charge >= 0.3 is 5.97 Å². The fourth-order valence-electron chi connectivity index (χ4n) is 3.15. The van der Waals surface area contributed by atoms with E-state index in [9.17, 15) is 21.6 Å². The summed E-state index contributed by atoms with van der Waals surface area (Å²) in [7, 11) is -7.53. The maximum absolute atomic E-state index is 12.6. The molecule has 1 aliphatic heterocycles. The summed E-state index contributed by atoms with van der Waals surface area (Å²) >= 11 is 0. The minimum absolute atomic E-state index is 0.0593. The van der Waals surface area contributed by atoms with Crippen molar-refractivity contribution in [1.82, 2.24) is 4.31 Å². The molecule has 0 spiro atoms. The molecule has 0 radical (unpaired) electrons. The third-order valence-electron chi connectivity index (χ3n) is 4.94. The van der Waals surface area contributed by atoms with E-state index in [1.54, 1.807) is 0 Å². The molecule has 1 aliphatic rings. The average Bonchev–Trinajstić information content (AvgIpc) is 3.30. The second-order valence-corrected chi connectivity index (χ2v) is 10.9. The molecule has 1 fully saturated rings. The fourth-order valence-corrected chi connectivity index (χ4v) is 5.72. The summed E-state index contributed by atoms with van der Waals surface area (Å²) in [4.78, 5) is 11.9. The molecule has 0 bridgehead atoms. The first-order valence-corrected chi connectivity index (χ1v) is 13.1. The molecule has 2 aromatic carbocycles. The highest BCUT2D eigenvalue weighted by Crippen LogP contribution is 2.23. The molecule has 1 N–H and O–H groups in total. The van der Waals surface area contributed by atoms with Gasteiger partial charge in [0.05, 0.1) is 22.0 Å². The molecule has 1 saturated heterocycles. The van der Waals surface area contributed by atoms with E-state index in [4.69, 9.17) is 4.74 Å². The van der Waals surface area contributed by atoms with Crippen LogP contribution in [0.4, 0.5) is 5.69 Å². The number of nitrogens with one attached hydrogen (secondary N) is 1. The van der Waals surface area contributed by atoms with Gasteiger partial charge in [0, 0.05) is 18.8 Å². The molecule has 31 heavy (non-hydrogen) atoms. The first-order valence-electron chi connectivity index (χ1n) is 10.1. The van der Waals surface area contributed by atoms with Gasteiger partial charge in [-0.2, -0.15) is 4.31 Å². The zero-order valence-corrected chi connectivity index (χ0v) is 18.9. The van der Waals surface area contributed by atoms with Gasteiger partial charge in [-0.15, -0.1) is 0 Å². The smallest absolute Gasteiger partial charge is 0.338 e. The average molecular weight is 467 g/mol. The number of sulfonamides is 2. The molecule has 168 valence electrons. The molecule has 0 aromatic heterocycles. The summed E-state index contributed by atoms with van der Waals surface area (Å²) in [5.74, 6) is -0.461. The summed E-state index contributed by atoms with van der Waals surface area (Å²) in [5, 5.41) is 0. The van der Waals surface area contributed by atoms with Crippen molar-refractivity contribution in [2.75, 3.05) is 24.4 Å². The standard InChI is InChI=1S/C21H26N2O6S2/c1-2-3-16-29-21(24)17-6-8-18(9-7-17)22-30(25,26)19-10-12-20(13-11-19)31(27,28)23-14-4-5-15-23/h6-13,22H,2-5,14-16H2,1H3. The Balaban J connectivity index is 1.68. The van der Waals surface area contributed by atoms with Gasteiger partial charge in [0.1, 0.15) is 0 Å². The molecule has 10 heteroatoms. The number of anilines is 1. The lowest BCUT2D eigenvalue weighted by molar-refractivity contribution is 0.0499. The Morgan fingerprint density at radius 2 is 1.52 bits per heavy atom. The van der Waals surface area contributed by atoms with E-state index < -0.39 is 26.0 Å². The van der Waals surface area contributed by atoms with Crippen molar-refractivity contribution in [2.24, 2.45) is 0 Å². The van der Waals surface area contributed by atoms with Crippen LogP contribution in [0.1, 0.15) is 43.0 Å². The van der Waals surface area contributed by atoms with Gasteiger partial charge in [-0.05, 0) is 67.8 Å². The topological polar surface area (TPSA) is 110 Å². The number of benzene rings is 2. The van der Waals surface area contributed by atoms with Crippen LogP contribution in [-0.4, -0.2) is 46.8 Å². The number of unbranched alkanes of at least 4 members (excludes halogenated alkanes) is 1. The largest absolute Gasteiger partial charge is 0.462 e. The molecule has 2 aromatic rings. The van der Waals surface area contributed by atoms with Crippen molar-refractivity contribution in [1.29, 1.82) is 0 Å². The van der Waals surface area contributed by atoms with Crippen molar-refractivity contribution < 1.29 is 26.4 Å². The quantitative estimate of drug-likeness (QED) is 0.449. The number of esters is 1. The first kappa shape index (κ1) is 23.2. The van der Waals surface area contributed by atoms with E-state index in [2.05, 4.69) is 4.72 Å². The monoisotopic (exact) mass is 466 g/mol. The van der Waals surface area contributed by atoms with Crippen LogP contribution in [0.25, 0.3) is 0 Å². The minimum Gasteiger partial charge on any atom is -0.462 e. The Bertz CT molecular complexity index is 1110. The maximum atomic E-state index is 12.6. The molecular weight excluding hydrogens is 440 g/mol. The summed E-state index contributed by atoms with van der Waals surface area (Å²) in [6.45, 7) is 3.29. The van der Waals surface area contributed by atoms with Gasteiger partial charge in [-0.25, -0.2) is 21.6 Å². The molecule has 0 saturated carbocycles. The number of rotatable bonds is 9. The highest BCUT2D eigenvalue weighted by molar-refractivity contribution is 7.92. The molecule has 0 amide bonds. The third kappa shape index (κ3) is 5.63. The minimum atomic E-state index is -3.92. The van der Waals surface area contributed by atoms with Gasteiger partial charge in [0.25, 0.3) is 10.0 Å². The van der Waals surface area contributed by atoms with Crippen molar-refractivity contribution in [3.05, 3.63) is 54.1 Å². The van der Waals surface area contributed by atoms with E-state index in [1.165, 1.54) is 52.8 Å². The number of hydrogen-bond acceptors (Lipinski definition) is 6. The number of hydrogen-bond donors (Lipinski definition) is 1. The highest BCUT2D eigenvalue weighted by atomic mass is 32.2. The summed E-state index contributed by atoms with van der Waals surface area (Å²) in [6, 6.07) is 11.1. The zero-order chi connectivity index (χ0) is 22.5. The first-order chi connectivity index (χ1) is 14.7. The van der Waals surface area contributed by atoms with Gasteiger partial charge in [-0.1, -0.05) is 13.3 Å². The Kier molecular flexibility index (Phi) is 7.34. The lowest BCUT2D eigenvalue weighted by Crippen LogP contribution is -2.27. The van der Waals surface area contributed by atoms with Crippen LogP contribution in [0.2, 0.25) is 0 Å². The van der Waals surface area contributed by atoms with Crippen LogP contribution in [0.3, 0.4) is 0 Å². The van der Waals surface area contributed by atoms with Gasteiger partial charge in [0.15, 0.2) is 0 Å². The molecule has 0 aliphatic carbocycles. The lowest BCUT2D eigenvalue weighted by Gasteiger charge is -2.15. The molecule has 3 rings (SSSR count). The van der Waals surface area contributed by atoms with E-state index in [1.807, 2.05) is 6.92 Å². The lowest BCUT2D eigenvalue weighted by atomic mass is 10.2. The highest BCUT2D eigenvalue weighted by Gasteiger charge is 2.27. The molecule has 8 nitrogen and oxygen atoms in total. The summed E-state index contributed by atoms with van der Waals surface area (Å²) < 4.78 is 59.4. The van der Waals surface area contributed by atoms with E-state index in [0.29, 0.717) is 25.3 Å². The van der Waals surface area contributed by atoms with Crippen LogP contribution in [-0.2, 0) is 24.8 Å². The number of ether oxygens (including phenoxy) is 1. The van der Waals surface area contributed by atoms with Crippen molar-refractivity contribution >= 4 is 31.7 Å². The molecule has 0 unspecified atom stereocenters. The predicted octanol–water partition coefficient (Wildman–Crippen LogP) is 3.23. The molecular formula is C21H26N2O6S2. The second-order valence-electron chi connectivity index (χ2n) is 7.25.